The van der Waals surface area contributed by atoms with Crippen molar-refractivity contribution >= 4 is 16.8 Å². The van der Waals surface area contributed by atoms with Crippen LogP contribution in [0.4, 0.5) is 0 Å². The van der Waals surface area contributed by atoms with E-state index in [0.717, 1.165) is 23.4 Å². The highest BCUT2D eigenvalue weighted by atomic mass is 32.2. The number of fused-ring (bicyclic) bond motifs is 1. The van der Waals surface area contributed by atoms with E-state index in [1.807, 2.05) is 0 Å². The van der Waals surface area contributed by atoms with Crippen LogP contribution >= 0.6 is 11.8 Å². The van der Waals surface area contributed by atoms with Gasteiger partial charge >= 0.3 is 0 Å². The van der Waals surface area contributed by atoms with Crippen LogP contribution in [0.5, 0.6) is 0 Å². The minimum Gasteiger partial charge on any atom is -0.394 e. The maximum atomic E-state index is 10.1. The average molecular weight is 398 g/mol. The smallest absolute Gasteiger partial charge is 0.0884 e. The van der Waals surface area contributed by atoms with Gasteiger partial charge in [0, 0.05) is 24.2 Å². The summed E-state index contributed by atoms with van der Waals surface area (Å²) in [6, 6.07) is 6.50. The Morgan fingerprint density at radius 3 is 3.00 bits per heavy atom. The molecule has 28 heavy (non-hydrogen) atoms. The highest BCUT2D eigenvalue weighted by Gasteiger charge is 2.29. The van der Waals surface area contributed by atoms with E-state index in [0.29, 0.717) is 12.8 Å². The van der Waals surface area contributed by atoms with Crippen LogP contribution in [0.25, 0.3) is 0 Å². The van der Waals surface area contributed by atoms with E-state index < -0.39 is 6.10 Å². The van der Waals surface area contributed by atoms with E-state index in [1.165, 1.54) is 16.0 Å². The lowest BCUT2D eigenvalue weighted by Crippen LogP contribution is -2.33. The molecule has 4 nitrogen and oxygen atoms in total. The van der Waals surface area contributed by atoms with E-state index in [1.54, 1.807) is 11.8 Å². The van der Waals surface area contributed by atoms with Crippen molar-refractivity contribution in [1.29, 1.82) is 0 Å². The van der Waals surface area contributed by atoms with Crippen molar-refractivity contribution in [3.8, 4) is 0 Å². The average Bonchev–Trinajstić information content (AvgIpc) is 2.67. The van der Waals surface area contributed by atoms with Gasteiger partial charge in [-0.25, -0.2) is 0 Å². The maximum Gasteiger partial charge on any atom is 0.0884 e. The molecule has 1 aromatic carbocycles. The van der Waals surface area contributed by atoms with Crippen LogP contribution in [-0.4, -0.2) is 40.1 Å². The molecule has 0 aromatic heterocycles. The first-order valence-electron chi connectivity index (χ1n) is 9.94. The summed E-state index contributed by atoms with van der Waals surface area (Å²) in [5.74, 6) is 0. The second kappa shape index (κ2) is 8.78. The first-order chi connectivity index (χ1) is 13.6. The van der Waals surface area contributed by atoms with Crippen molar-refractivity contribution in [2.45, 2.75) is 57.0 Å². The number of rotatable bonds is 4. The molecule has 4 unspecified atom stereocenters. The zero-order valence-corrected chi connectivity index (χ0v) is 16.9. The number of nitrogens with zero attached hydrogens (tertiary/aromatic N) is 1. The molecule has 2 bridgehead atoms. The molecule has 1 saturated heterocycles. The van der Waals surface area contributed by atoms with Gasteiger partial charge in [0.25, 0.3) is 0 Å². The Labute approximate surface area is 170 Å². The fourth-order valence-electron chi connectivity index (χ4n) is 3.89. The summed E-state index contributed by atoms with van der Waals surface area (Å²) < 4.78 is 6.00. The number of hydrogen-bond donors (Lipinski definition) is 2. The Morgan fingerprint density at radius 2 is 2.14 bits per heavy atom. The Bertz CT molecular complexity index is 842. The molecule has 2 N–H and O–H groups in total. The lowest BCUT2D eigenvalue weighted by atomic mass is 9.93. The maximum absolute atomic E-state index is 10.1. The Morgan fingerprint density at radius 1 is 1.25 bits per heavy atom. The van der Waals surface area contributed by atoms with Crippen LogP contribution in [0.1, 0.15) is 42.1 Å². The van der Waals surface area contributed by atoms with Crippen LogP contribution in [0.15, 0.2) is 58.5 Å². The van der Waals surface area contributed by atoms with E-state index in [9.17, 15) is 10.2 Å². The summed E-state index contributed by atoms with van der Waals surface area (Å²) in [4.78, 5) is 6.16. The van der Waals surface area contributed by atoms with Crippen molar-refractivity contribution in [2.24, 2.45) is 4.99 Å². The molecule has 4 rings (SSSR count). The van der Waals surface area contributed by atoms with Crippen molar-refractivity contribution < 1.29 is 14.9 Å². The van der Waals surface area contributed by atoms with Gasteiger partial charge in [-0.1, -0.05) is 54.3 Å². The van der Waals surface area contributed by atoms with E-state index in [4.69, 9.17) is 9.73 Å². The first-order valence-corrected chi connectivity index (χ1v) is 10.8. The topological polar surface area (TPSA) is 62.0 Å². The molecule has 3 aliphatic rings. The van der Waals surface area contributed by atoms with Gasteiger partial charge in [0.2, 0.25) is 0 Å². The number of aliphatic hydroxyl groups excluding tert-OH is 2. The molecule has 148 valence electrons. The Balaban J connectivity index is 1.54. The fraction of sp³-hybridized carbons (Fsp3) is 0.435. The van der Waals surface area contributed by atoms with Gasteiger partial charge in [0.1, 0.15) is 0 Å². The summed E-state index contributed by atoms with van der Waals surface area (Å²) in [6.45, 7) is 2.06. The molecule has 4 atom stereocenters. The Hall–Kier alpha value is -1.66. The molecule has 0 radical (unpaired) electrons. The van der Waals surface area contributed by atoms with Crippen LogP contribution < -0.4 is 0 Å². The third kappa shape index (κ3) is 4.66. The first kappa shape index (κ1) is 19.6. The highest BCUT2D eigenvalue weighted by molar-refractivity contribution is 8.17. The fourth-order valence-corrected chi connectivity index (χ4v) is 4.93. The van der Waals surface area contributed by atoms with Crippen LogP contribution in [0.3, 0.4) is 0 Å². The summed E-state index contributed by atoms with van der Waals surface area (Å²) >= 11 is 1.74. The monoisotopic (exact) mass is 397 g/mol. The second-order valence-corrected chi connectivity index (χ2v) is 8.81. The zero-order chi connectivity index (χ0) is 19.5. The molecule has 0 spiro atoms. The number of ether oxygens (including phenoxy) is 1. The number of allylic oxidation sites excluding steroid dienone is 3. The van der Waals surface area contributed by atoms with Gasteiger partial charge < -0.3 is 14.9 Å². The lowest BCUT2D eigenvalue weighted by molar-refractivity contribution is -0.113. The lowest BCUT2D eigenvalue weighted by Gasteiger charge is -2.33. The molecule has 1 aromatic rings. The van der Waals surface area contributed by atoms with Gasteiger partial charge in [-0.05, 0) is 36.1 Å². The molecule has 0 amide bonds. The molecular formula is C23H27NO3S. The number of aliphatic imine (C=N–C) groups is 1. The van der Waals surface area contributed by atoms with Crippen LogP contribution in [0, 0.1) is 6.92 Å². The van der Waals surface area contributed by atoms with Crippen molar-refractivity contribution in [1.82, 2.24) is 0 Å². The van der Waals surface area contributed by atoms with E-state index in [2.05, 4.69) is 55.5 Å². The van der Waals surface area contributed by atoms with Gasteiger partial charge in [0.05, 0.1) is 36.0 Å². The standard InChI is InChI=1S/C23H27NO3S/c1-15-7-8-16(22-13-19(26)12-20(14-25)27-22)9-17(15)10-23-24-18-5-3-2-4-6-21(11-18)28-23/h3-9,11,18-20,22,25-26H,2,10,12-14H2,1H3/b5-3-,6-4-. The second-order valence-electron chi connectivity index (χ2n) is 7.67. The number of thioether (sulfide) groups is 1. The number of benzene rings is 1. The van der Waals surface area contributed by atoms with Crippen molar-refractivity contribution in [2.75, 3.05) is 6.61 Å². The largest absolute Gasteiger partial charge is 0.394 e. The molecule has 2 heterocycles. The van der Waals surface area contributed by atoms with Crippen LogP contribution in [-0.2, 0) is 11.2 Å². The molecule has 1 fully saturated rings. The molecular weight excluding hydrogens is 370 g/mol. The van der Waals surface area contributed by atoms with Gasteiger partial charge in [-0.15, -0.1) is 0 Å². The molecule has 1 aliphatic carbocycles. The zero-order valence-electron chi connectivity index (χ0n) is 16.1. The summed E-state index contributed by atoms with van der Waals surface area (Å²) in [7, 11) is 0. The minimum absolute atomic E-state index is 0.0583. The summed E-state index contributed by atoms with van der Waals surface area (Å²) in [5.41, 5.74) is 3.53. The third-order valence-electron chi connectivity index (χ3n) is 5.42. The molecule has 2 aliphatic heterocycles. The van der Waals surface area contributed by atoms with Crippen LogP contribution in [0.2, 0.25) is 0 Å². The van der Waals surface area contributed by atoms with E-state index >= 15 is 0 Å². The van der Waals surface area contributed by atoms with Crippen molar-refractivity contribution in [3.05, 3.63) is 70.2 Å². The van der Waals surface area contributed by atoms with Gasteiger partial charge in [0.15, 0.2) is 0 Å². The Kier molecular flexibility index (Phi) is 6.16. The minimum atomic E-state index is -0.434. The SMILES string of the molecule is Cc1ccc(C2CC(O)CC(CO)O2)cc1CC1=NC2C=C(/C=C\C/C=C\2)S1. The quantitative estimate of drug-likeness (QED) is 0.753. The van der Waals surface area contributed by atoms with Gasteiger partial charge in [-0.3, -0.25) is 4.99 Å². The molecule has 0 saturated carbocycles. The number of hydrogen-bond acceptors (Lipinski definition) is 5. The summed E-state index contributed by atoms with van der Waals surface area (Å²) in [5, 5.41) is 20.7. The van der Waals surface area contributed by atoms with Gasteiger partial charge in [-0.2, -0.15) is 0 Å². The van der Waals surface area contributed by atoms with E-state index in [-0.39, 0.29) is 24.9 Å². The third-order valence-corrected chi connectivity index (χ3v) is 6.41. The molecule has 5 heteroatoms. The normalized spacial score (nSPS) is 32.0. The predicted octanol–water partition coefficient (Wildman–Crippen LogP) is 4.02. The summed E-state index contributed by atoms with van der Waals surface area (Å²) in [6.07, 6.45) is 12.8. The van der Waals surface area contributed by atoms with Crippen molar-refractivity contribution in [3.63, 3.8) is 0 Å². The highest BCUT2D eigenvalue weighted by Crippen LogP contribution is 2.34. The number of aliphatic hydroxyl groups is 2. The number of aryl methyl sites for hydroxylation is 1. The predicted molar refractivity (Wildman–Crippen MR) is 115 cm³/mol.